The molecule has 0 aliphatic rings. The molecule has 8 heteroatoms. The minimum atomic E-state index is -0.478. The normalized spacial score (nSPS) is 11.7. The van der Waals surface area contributed by atoms with Gasteiger partial charge in [-0.3, -0.25) is 4.48 Å². The van der Waals surface area contributed by atoms with Crippen LogP contribution in [0, 0.1) is 0 Å². The molecule has 1 rings (SSSR count). The van der Waals surface area contributed by atoms with E-state index >= 15 is 0 Å². The summed E-state index contributed by atoms with van der Waals surface area (Å²) in [5.41, 5.74) is 0.899. The van der Waals surface area contributed by atoms with Crippen LogP contribution < -0.4 is 17.0 Å². The number of benzene rings is 1. The average molecular weight is 460 g/mol. The van der Waals surface area contributed by atoms with Crippen molar-refractivity contribution in [3.8, 4) is 0 Å². The standard InChI is InChI=1S/C20H30NO6.BrH/c1-5-25-18(22)13-21(14-19(23)26-6-2,15-20(24)27-7-3)16(4)17-11-9-8-10-12-17;/h8-12,16H,5-7,13-15H2,1-4H3;1H/q+1;/p-1/t16-;/m1./s1. The third-order valence-electron chi connectivity index (χ3n) is 4.35. The minimum absolute atomic E-state index is 0. The predicted octanol–water partition coefficient (Wildman–Crippen LogP) is -0.742. The van der Waals surface area contributed by atoms with Crippen molar-refractivity contribution in [1.29, 1.82) is 0 Å². The molecule has 0 radical (unpaired) electrons. The van der Waals surface area contributed by atoms with E-state index in [1.54, 1.807) is 20.8 Å². The fourth-order valence-corrected chi connectivity index (χ4v) is 3.02. The Bertz CT molecular complexity index is 572. The molecule has 0 fully saturated rings. The number of halogens is 1. The second-order valence-corrected chi connectivity index (χ2v) is 6.19. The monoisotopic (exact) mass is 459 g/mol. The molecule has 0 aromatic heterocycles. The maximum absolute atomic E-state index is 12.3. The lowest BCUT2D eigenvalue weighted by molar-refractivity contribution is -0.935. The van der Waals surface area contributed by atoms with Crippen molar-refractivity contribution in [2.75, 3.05) is 39.5 Å². The summed E-state index contributed by atoms with van der Waals surface area (Å²) < 4.78 is 15.2. The van der Waals surface area contributed by atoms with Gasteiger partial charge in [-0.05, 0) is 27.7 Å². The van der Waals surface area contributed by atoms with Crippen LogP contribution in [0.15, 0.2) is 30.3 Å². The summed E-state index contributed by atoms with van der Waals surface area (Å²) in [5.74, 6) is -1.43. The van der Waals surface area contributed by atoms with Gasteiger partial charge in [-0.25, -0.2) is 14.4 Å². The molecule has 0 saturated heterocycles. The Labute approximate surface area is 177 Å². The molecule has 1 aromatic rings. The first-order valence-corrected chi connectivity index (χ1v) is 9.26. The van der Waals surface area contributed by atoms with Gasteiger partial charge in [-0.2, -0.15) is 0 Å². The van der Waals surface area contributed by atoms with Crippen molar-refractivity contribution >= 4 is 17.9 Å². The highest BCUT2D eigenvalue weighted by molar-refractivity contribution is 5.75. The first-order chi connectivity index (χ1) is 12.9. The second kappa shape index (κ2) is 13.3. The fourth-order valence-electron chi connectivity index (χ4n) is 3.02. The van der Waals surface area contributed by atoms with Crippen LogP contribution >= 0.6 is 0 Å². The van der Waals surface area contributed by atoms with E-state index in [0.717, 1.165) is 5.56 Å². The zero-order valence-corrected chi connectivity index (χ0v) is 18.6. The van der Waals surface area contributed by atoms with Crippen LogP contribution in [0.25, 0.3) is 0 Å². The van der Waals surface area contributed by atoms with Crippen molar-refractivity contribution in [1.82, 2.24) is 0 Å². The van der Waals surface area contributed by atoms with Gasteiger partial charge in [0.1, 0.15) is 6.04 Å². The first kappa shape index (κ1) is 26.1. The van der Waals surface area contributed by atoms with Crippen LogP contribution in [0.3, 0.4) is 0 Å². The van der Waals surface area contributed by atoms with Crippen LogP contribution in [0.2, 0.25) is 0 Å². The van der Waals surface area contributed by atoms with Crippen molar-refractivity contribution in [3.63, 3.8) is 0 Å². The summed E-state index contributed by atoms with van der Waals surface area (Å²) in [6, 6.07) is 9.11. The molecule has 0 saturated carbocycles. The molecule has 158 valence electrons. The van der Waals surface area contributed by atoms with Crippen LogP contribution in [0.4, 0.5) is 0 Å². The molecule has 0 amide bonds. The fraction of sp³-hybridized carbons (Fsp3) is 0.550. The molecule has 7 nitrogen and oxygen atoms in total. The summed E-state index contributed by atoms with van der Waals surface area (Å²) in [7, 11) is 0. The first-order valence-electron chi connectivity index (χ1n) is 9.26. The number of esters is 3. The number of carbonyl (C=O) groups excluding carboxylic acids is 3. The second-order valence-electron chi connectivity index (χ2n) is 6.19. The topological polar surface area (TPSA) is 78.9 Å². The number of nitrogens with zero attached hydrogens (tertiary/aromatic N) is 1. The number of carbonyl (C=O) groups is 3. The van der Waals surface area contributed by atoms with E-state index in [1.165, 1.54) is 0 Å². The Hall–Kier alpha value is -1.93. The molecule has 1 atom stereocenters. The zero-order valence-electron chi connectivity index (χ0n) is 17.0. The summed E-state index contributed by atoms with van der Waals surface area (Å²) in [6.07, 6.45) is 0. The van der Waals surface area contributed by atoms with Crippen LogP contribution in [-0.2, 0) is 28.6 Å². The van der Waals surface area contributed by atoms with E-state index in [1.807, 2.05) is 37.3 Å². The molecule has 0 spiro atoms. The molecule has 0 aliphatic heterocycles. The third kappa shape index (κ3) is 7.98. The summed E-state index contributed by atoms with van der Waals surface area (Å²) >= 11 is 0. The van der Waals surface area contributed by atoms with Crippen molar-refractivity contribution in [3.05, 3.63) is 35.9 Å². The molecule has 28 heavy (non-hydrogen) atoms. The maximum Gasteiger partial charge on any atom is 0.361 e. The van der Waals surface area contributed by atoms with Gasteiger partial charge >= 0.3 is 17.9 Å². The van der Waals surface area contributed by atoms with Gasteiger partial charge in [0.25, 0.3) is 0 Å². The van der Waals surface area contributed by atoms with Crippen LogP contribution in [0.1, 0.15) is 39.3 Å². The van der Waals surface area contributed by atoms with Crippen molar-refractivity contribution in [2.45, 2.75) is 33.7 Å². The molecule has 1 aromatic carbocycles. The van der Waals surface area contributed by atoms with E-state index < -0.39 is 17.9 Å². The average Bonchev–Trinajstić information content (AvgIpc) is 2.62. The van der Waals surface area contributed by atoms with E-state index in [2.05, 4.69) is 0 Å². The lowest BCUT2D eigenvalue weighted by atomic mass is 10.0. The van der Waals surface area contributed by atoms with E-state index in [9.17, 15) is 14.4 Å². The molecule has 0 aliphatic carbocycles. The van der Waals surface area contributed by atoms with E-state index in [-0.39, 0.29) is 67.0 Å². The highest BCUT2D eigenvalue weighted by Crippen LogP contribution is 2.29. The number of hydrogen-bond acceptors (Lipinski definition) is 6. The highest BCUT2D eigenvalue weighted by atomic mass is 79.9. The Morgan fingerprint density at radius 2 is 1.14 bits per heavy atom. The quantitative estimate of drug-likeness (QED) is 0.246. The van der Waals surface area contributed by atoms with Gasteiger partial charge in [-0.15, -0.1) is 0 Å². The Morgan fingerprint density at radius 3 is 1.46 bits per heavy atom. The van der Waals surface area contributed by atoms with Gasteiger partial charge in [0.2, 0.25) is 0 Å². The van der Waals surface area contributed by atoms with Crippen molar-refractivity contribution in [2.24, 2.45) is 0 Å². The summed E-state index contributed by atoms with van der Waals surface area (Å²) in [6.45, 7) is 7.27. The number of hydrogen-bond donors (Lipinski definition) is 0. The number of quaternary nitrogens is 1. The maximum atomic E-state index is 12.3. The predicted molar refractivity (Wildman–Crippen MR) is 99.6 cm³/mol. The SMILES string of the molecule is CCOC(=O)C[N+](CC(=O)OCC)(CC(=O)OCC)[C@H](C)c1ccccc1.[Br-]. The van der Waals surface area contributed by atoms with Crippen LogP contribution in [0.5, 0.6) is 0 Å². The molecule has 0 heterocycles. The lowest BCUT2D eigenvalue weighted by Crippen LogP contribution is -3.00. The molecular formula is C20H30BrNO6. The van der Waals surface area contributed by atoms with Gasteiger partial charge in [0.05, 0.1) is 19.8 Å². The zero-order chi connectivity index (χ0) is 20.3. The molecule has 0 N–H and O–H groups in total. The van der Waals surface area contributed by atoms with Gasteiger partial charge in [0, 0.05) is 5.56 Å². The number of ether oxygens (including phenoxy) is 3. The lowest BCUT2D eigenvalue weighted by Gasteiger charge is -2.41. The Kier molecular flexibility index (Phi) is 12.4. The Balaban J connectivity index is 0.00000729. The molecule has 0 unspecified atom stereocenters. The number of rotatable bonds is 11. The third-order valence-corrected chi connectivity index (χ3v) is 4.35. The van der Waals surface area contributed by atoms with Gasteiger partial charge in [0.15, 0.2) is 19.6 Å². The van der Waals surface area contributed by atoms with Gasteiger partial charge < -0.3 is 31.2 Å². The largest absolute Gasteiger partial charge is 1.00 e. The molecule has 0 bridgehead atoms. The molecular weight excluding hydrogens is 430 g/mol. The smallest absolute Gasteiger partial charge is 0.361 e. The van der Waals surface area contributed by atoms with Crippen molar-refractivity contribution < 1.29 is 50.1 Å². The van der Waals surface area contributed by atoms with Gasteiger partial charge in [-0.1, -0.05) is 30.3 Å². The van der Waals surface area contributed by atoms with E-state index in [4.69, 9.17) is 14.2 Å². The van der Waals surface area contributed by atoms with Crippen LogP contribution in [-0.4, -0.2) is 61.8 Å². The summed E-state index contributed by atoms with van der Waals surface area (Å²) in [4.78, 5) is 37.0. The van der Waals surface area contributed by atoms with E-state index in [0.29, 0.717) is 0 Å². The Morgan fingerprint density at radius 1 is 0.786 bits per heavy atom. The highest BCUT2D eigenvalue weighted by Gasteiger charge is 2.42. The summed E-state index contributed by atoms with van der Waals surface area (Å²) in [5, 5.41) is 0. The minimum Gasteiger partial charge on any atom is -1.00 e.